The molecule has 3 rings (SSSR count). The van der Waals surface area contributed by atoms with Crippen molar-refractivity contribution in [2.45, 2.75) is 12.8 Å². The van der Waals surface area contributed by atoms with Gasteiger partial charge in [-0.25, -0.2) is 9.59 Å². The van der Waals surface area contributed by atoms with Crippen molar-refractivity contribution in [3.63, 3.8) is 0 Å². The minimum absolute atomic E-state index is 0.126. The van der Waals surface area contributed by atoms with Crippen LogP contribution >= 0.6 is 11.6 Å². The highest BCUT2D eigenvalue weighted by Gasteiger charge is 2.29. The van der Waals surface area contributed by atoms with Crippen molar-refractivity contribution in [1.82, 2.24) is 0 Å². The molecule has 0 fully saturated rings. The number of ketones is 1. The quantitative estimate of drug-likeness (QED) is 0.275. The van der Waals surface area contributed by atoms with Crippen LogP contribution in [0, 0.1) is 0 Å². The molecule has 0 aliphatic rings. The molecule has 0 spiro atoms. The highest BCUT2D eigenvalue weighted by atomic mass is 35.5. The molecule has 0 aliphatic carbocycles. The summed E-state index contributed by atoms with van der Waals surface area (Å²) in [4.78, 5) is 50.9. The zero-order chi connectivity index (χ0) is 24.7. The van der Waals surface area contributed by atoms with Crippen LogP contribution in [0.1, 0.15) is 32.7 Å². The van der Waals surface area contributed by atoms with Crippen LogP contribution in [0.25, 0.3) is 0 Å². The van der Waals surface area contributed by atoms with Crippen molar-refractivity contribution in [3.8, 4) is 0 Å². The summed E-state index contributed by atoms with van der Waals surface area (Å²) in [6.45, 7) is 0. The van der Waals surface area contributed by atoms with Gasteiger partial charge in [0.2, 0.25) is 0 Å². The molecule has 0 bridgehead atoms. The number of rotatable bonds is 7. The number of carbonyl (C=O) groups is 4. The molecular weight excluding hydrogens is 458 g/mol. The van der Waals surface area contributed by atoms with Crippen LogP contribution in [0.15, 0.2) is 72.8 Å². The molecule has 3 aromatic rings. The molecule has 174 valence electrons. The van der Waals surface area contributed by atoms with E-state index in [9.17, 15) is 19.2 Å². The van der Waals surface area contributed by atoms with Crippen molar-refractivity contribution < 1.29 is 28.7 Å². The number of carbonyl (C=O) groups excluding carboxylic acids is 4. The highest BCUT2D eigenvalue weighted by molar-refractivity contribution is 6.40. The van der Waals surface area contributed by atoms with Gasteiger partial charge in [0.15, 0.2) is 5.78 Å². The Bertz CT molecular complexity index is 1210. The standard InChI is InChI=1S/C26H22ClNO6/c1-33-25(31)18-11-8-17(9-12-18)10-15-23(29)21-14-13-19(27)16-22(21)28(24(30)26(32)34-2)20-6-4-3-5-7-20/h3-9,11-14,16H,10,15H2,1-2H3. The molecule has 0 atom stereocenters. The highest BCUT2D eigenvalue weighted by Crippen LogP contribution is 2.32. The molecule has 0 aromatic heterocycles. The molecule has 3 aromatic carbocycles. The van der Waals surface area contributed by atoms with Gasteiger partial charge in [-0.2, -0.15) is 0 Å². The summed E-state index contributed by atoms with van der Waals surface area (Å²) < 4.78 is 9.31. The van der Waals surface area contributed by atoms with Crippen molar-refractivity contribution in [2.75, 3.05) is 19.1 Å². The minimum Gasteiger partial charge on any atom is -0.465 e. The number of methoxy groups -OCH3 is 2. The van der Waals surface area contributed by atoms with Crippen molar-refractivity contribution in [3.05, 3.63) is 94.5 Å². The summed E-state index contributed by atoms with van der Waals surface area (Å²) in [6, 6.07) is 19.8. The maximum Gasteiger partial charge on any atom is 0.397 e. The Balaban J connectivity index is 1.92. The van der Waals surface area contributed by atoms with Gasteiger partial charge in [-0.05, 0) is 54.4 Å². The Morgan fingerprint density at radius 2 is 1.53 bits per heavy atom. The van der Waals surface area contributed by atoms with Crippen LogP contribution in [0.3, 0.4) is 0 Å². The molecule has 0 N–H and O–H groups in total. The molecular formula is C26H22ClNO6. The molecule has 8 heteroatoms. The van der Waals surface area contributed by atoms with Crippen molar-refractivity contribution in [2.24, 2.45) is 0 Å². The lowest BCUT2D eigenvalue weighted by Crippen LogP contribution is -2.34. The van der Waals surface area contributed by atoms with Crippen LogP contribution in [0.4, 0.5) is 11.4 Å². The van der Waals surface area contributed by atoms with Crippen LogP contribution < -0.4 is 4.90 Å². The van der Waals surface area contributed by atoms with E-state index in [1.54, 1.807) is 60.7 Å². The Hall–Kier alpha value is -3.97. The summed E-state index contributed by atoms with van der Waals surface area (Å²) in [5.41, 5.74) is 2.06. The first-order chi connectivity index (χ1) is 16.3. The SMILES string of the molecule is COC(=O)C(=O)N(c1ccccc1)c1cc(Cl)ccc1C(=O)CCc1ccc(C(=O)OC)cc1. The van der Waals surface area contributed by atoms with Crippen LogP contribution in [0.5, 0.6) is 0 Å². The van der Waals surface area contributed by atoms with Gasteiger partial charge in [0.25, 0.3) is 0 Å². The summed E-state index contributed by atoms with van der Waals surface area (Å²) in [5, 5.41) is 0.295. The van der Waals surface area contributed by atoms with E-state index in [1.165, 1.54) is 19.2 Å². The Morgan fingerprint density at radius 3 is 2.15 bits per heavy atom. The van der Waals surface area contributed by atoms with Crippen LogP contribution in [-0.2, 0) is 25.5 Å². The van der Waals surface area contributed by atoms with E-state index in [4.69, 9.17) is 11.6 Å². The van der Waals surface area contributed by atoms with Gasteiger partial charge >= 0.3 is 17.8 Å². The molecule has 34 heavy (non-hydrogen) atoms. The van der Waals surface area contributed by atoms with E-state index in [-0.39, 0.29) is 23.5 Å². The van der Waals surface area contributed by atoms with E-state index in [1.807, 2.05) is 0 Å². The number of esters is 2. The lowest BCUT2D eigenvalue weighted by Gasteiger charge is -2.24. The average molecular weight is 480 g/mol. The zero-order valence-electron chi connectivity index (χ0n) is 18.6. The summed E-state index contributed by atoms with van der Waals surface area (Å²) in [5.74, 6) is -2.72. The number of ether oxygens (including phenoxy) is 2. The van der Waals surface area contributed by atoms with Gasteiger partial charge in [0, 0.05) is 22.7 Å². The second-order valence-electron chi connectivity index (χ2n) is 7.24. The summed E-state index contributed by atoms with van der Waals surface area (Å²) >= 11 is 6.19. The fourth-order valence-electron chi connectivity index (χ4n) is 3.36. The van der Waals surface area contributed by atoms with Crippen molar-refractivity contribution in [1.29, 1.82) is 0 Å². The number of para-hydroxylation sites is 1. The molecule has 1 amide bonds. The van der Waals surface area contributed by atoms with E-state index in [0.29, 0.717) is 22.7 Å². The molecule has 0 radical (unpaired) electrons. The monoisotopic (exact) mass is 479 g/mol. The number of hydrogen-bond donors (Lipinski definition) is 0. The Labute approximate surface area is 201 Å². The van der Waals surface area contributed by atoms with Gasteiger partial charge < -0.3 is 9.47 Å². The number of benzene rings is 3. The van der Waals surface area contributed by atoms with Gasteiger partial charge in [0.1, 0.15) is 0 Å². The normalized spacial score (nSPS) is 10.3. The lowest BCUT2D eigenvalue weighted by atomic mass is 9.99. The number of amides is 1. The first kappa shape index (κ1) is 24.7. The van der Waals surface area contributed by atoms with Gasteiger partial charge in [-0.15, -0.1) is 0 Å². The minimum atomic E-state index is -1.08. The zero-order valence-corrected chi connectivity index (χ0v) is 19.4. The third kappa shape index (κ3) is 5.68. The van der Waals surface area contributed by atoms with Crippen LogP contribution in [-0.4, -0.2) is 37.8 Å². The maximum absolute atomic E-state index is 13.2. The summed E-state index contributed by atoms with van der Waals surface area (Å²) in [7, 11) is 2.42. The smallest absolute Gasteiger partial charge is 0.397 e. The third-order valence-corrected chi connectivity index (χ3v) is 5.33. The Kier molecular flexibility index (Phi) is 8.16. The molecule has 0 aliphatic heterocycles. The van der Waals surface area contributed by atoms with Crippen LogP contribution in [0.2, 0.25) is 5.02 Å². The lowest BCUT2D eigenvalue weighted by molar-refractivity contribution is -0.151. The van der Waals surface area contributed by atoms with E-state index >= 15 is 0 Å². The molecule has 0 unspecified atom stereocenters. The molecule has 7 nitrogen and oxygen atoms in total. The second-order valence-corrected chi connectivity index (χ2v) is 7.68. The third-order valence-electron chi connectivity index (χ3n) is 5.09. The number of anilines is 2. The predicted molar refractivity (Wildman–Crippen MR) is 127 cm³/mol. The second kappa shape index (κ2) is 11.2. The number of halogens is 1. The van der Waals surface area contributed by atoms with Crippen molar-refractivity contribution >= 4 is 46.6 Å². The predicted octanol–water partition coefficient (Wildman–Crippen LogP) is 4.78. The first-order valence-corrected chi connectivity index (χ1v) is 10.7. The van der Waals surface area contributed by atoms with Gasteiger partial charge in [0.05, 0.1) is 25.5 Å². The fraction of sp³-hybridized carbons (Fsp3) is 0.154. The first-order valence-electron chi connectivity index (χ1n) is 10.3. The van der Waals surface area contributed by atoms with E-state index in [0.717, 1.165) is 17.6 Å². The molecule has 0 heterocycles. The Morgan fingerprint density at radius 1 is 0.853 bits per heavy atom. The number of nitrogens with zero attached hydrogens (tertiary/aromatic N) is 1. The number of Topliss-reactive ketones (excluding diaryl/α,β-unsaturated/α-hetero) is 1. The molecule has 0 saturated heterocycles. The maximum atomic E-state index is 13.2. The van der Waals surface area contributed by atoms with Gasteiger partial charge in [-0.1, -0.05) is 41.9 Å². The number of hydrogen-bond acceptors (Lipinski definition) is 6. The average Bonchev–Trinajstić information content (AvgIpc) is 2.87. The molecule has 0 saturated carbocycles. The topological polar surface area (TPSA) is 90.0 Å². The van der Waals surface area contributed by atoms with E-state index < -0.39 is 17.8 Å². The number of aryl methyl sites for hydroxylation is 1. The largest absolute Gasteiger partial charge is 0.465 e. The van der Waals surface area contributed by atoms with E-state index in [2.05, 4.69) is 9.47 Å². The fourth-order valence-corrected chi connectivity index (χ4v) is 3.53. The van der Waals surface area contributed by atoms with Gasteiger partial charge in [-0.3, -0.25) is 14.5 Å². The summed E-state index contributed by atoms with van der Waals surface area (Å²) in [6.07, 6.45) is 0.528.